The molecule has 0 spiro atoms. The van der Waals surface area contributed by atoms with Crippen LogP contribution in [0.2, 0.25) is 0 Å². The lowest BCUT2D eigenvalue weighted by molar-refractivity contribution is 0.528. The summed E-state index contributed by atoms with van der Waals surface area (Å²) in [6.45, 7) is 5.89. The number of sulfonamides is 1. The molecule has 0 radical (unpaired) electrons. The fraction of sp³-hybridized carbons (Fsp3) is 0.357. The van der Waals surface area contributed by atoms with Gasteiger partial charge in [-0.15, -0.1) is 0 Å². The molecule has 20 heavy (non-hydrogen) atoms. The Morgan fingerprint density at radius 1 is 1.25 bits per heavy atom. The van der Waals surface area contributed by atoms with E-state index in [0.717, 1.165) is 5.56 Å². The predicted octanol–water partition coefficient (Wildman–Crippen LogP) is 2.25. The summed E-state index contributed by atoms with van der Waals surface area (Å²) >= 11 is 0. The van der Waals surface area contributed by atoms with Crippen LogP contribution in [0.15, 0.2) is 41.4 Å². The molecule has 0 aliphatic carbocycles. The second-order valence-electron chi connectivity index (χ2n) is 4.96. The van der Waals surface area contributed by atoms with Crippen molar-refractivity contribution in [3.05, 3.63) is 47.8 Å². The second-order valence-corrected chi connectivity index (χ2v) is 6.70. The van der Waals surface area contributed by atoms with Gasteiger partial charge in [-0.3, -0.25) is 4.68 Å². The van der Waals surface area contributed by atoms with Gasteiger partial charge in [0.15, 0.2) is 0 Å². The summed E-state index contributed by atoms with van der Waals surface area (Å²) in [4.78, 5) is 0.238. The van der Waals surface area contributed by atoms with E-state index in [0.29, 0.717) is 5.69 Å². The molecule has 0 amide bonds. The summed E-state index contributed by atoms with van der Waals surface area (Å²) in [6, 6.07) is 9.55. The van der Waals surface area contributed by atoms with E-state index in [-0.39, 0.29) is 17.5 Å². The number of nitrogens with one attached hydrogen (secondary N) is 1. The van der Waals surface area contributed by atoms with Crippen molar-refractivity contribution in [3.8, 4) is 0 Å². The van der Waals surface area contributed by atoms with Crippen LogP contribution in [0.4, 0.5) is 0 Å². The quantitative estimate of drug-likeness (QED) is 0.919. The highest BCUT2D eigenvalue weighted by atomic mass is 32.2. The summed E-state index contributed by atoms with van der Waals surface area (Å²) in [5, 5.41) is 4.23. The van der Waals surface area contributed by atoms with Crippen LogP contribution in [0.1, 0.15) is 31.1 Å². The van der Waals surface area contributed by atoms with E-state index >= 15 is 0 Å². The summed E-state index contributed by atoms with van der Waals surface area (Å²) in [7, 11) is -3.54. The summed E-state index contributed by atoms with van der Waals surface area (Å²) in [5.74, 6) is 0. The van der Waals surface area contributed by atoms with Crippen LogP contribution in [0.3, 0.4) is 0 Å². The molecule has 0 aliphatic rings. The zero-order valence-electron chi connectivity index (χ0n) is 11.9. The van der Waals surface area contributed by atoms with Crippen molar-refractivity contribution in [2.45, 2.75) is 38.3 Å². The van der Waals surface area contributed by atoms with Gasteiger partial charge in [-0.05, 0) is 26.3 Å². The van der Waals surface area contributed by atoms with Gasteiger partial charge in [-0.25, -0.2) is 13.1 Å². The molecule has 0 bridgehead atoms. The van der Waals surface area contributed by atoms with E-state index in [1.54, 1.807) is 17.8 Å². The van der Waals surface area contributed by atoms with Crippen molar-refractivity contribution in [2.24, 2.45) is 0 Å². The second kappa shape index (κ2) is 5.76. The van der Waals surface area contributed by atoms with E-state index in [1.165, 1.54) is 0 Å². The van der Waals surface area contributed by atoms with Gasteiger partial charge in [0.25, 0.3) is 0 Å². The maximum atomic E-state index is 12.3. The van der Waals surface area contributed by atoms with E-state index in [1.807, 2.05) is 44.2 Å². The minimum Gasteiger partial charge on any atom is -0.269 e. The molecule has 108 valence electrons. The lowest BCUT2D eigenvalue weighted by Gasteiger charge is -2.06. The standard InChI is InChI=1S/C14H19N3O2S/c1-11(2)17-10-14(12(3)16-17)20(18,19)15-9-13-7-5-4-6-8-13/h4-8,10-11,15H,9H2,1-3H3. The van der Waals surface area contributed by atoms with Crippen molar-refractivity contribution in [1.82, 2.24) is 14.5 Å². The molecule has 0 atom stereocenters. The van der Waals surface area contributed by atoms with Crippen LogP contribution in [0, 0.1) is 6.92 Å². The van der Waals surface area contributed by atoms with Crippen LogP contribution in [0.25, 0.3) is 0 Å². The number of hydrogen-bond donors (Lipinski definition) is 1. The molecule has 0 saturated carbocycles. The molecule has 0 aliphatic heterocycles. The molecule has 6 heteroatoms. The Morgan fingerprint density at radius 2 is 1.90 bits per heavy atom. The summed E-state index contributed by atoms with van der Waals surface area (Å²) in [6.07, 6.45) is 1.58. The Kier molecular flexibility index (Phi) is 4.25. The zero-order chi connectivity index (χ0) is 14.8. The van der Waals surface area contributed by atoms with Gasteiger partial charge in [0.05, 0.1) is 5.69 Å². The molecular weight excluding hydrogens is 274 g/mol. The SMILES string of the molecule is Cc1nn(C(C)C)cc1S(=O)(=O)NCc1ccccc1. The first-order chi connectivity index (χ1) is 9.40. The van der Waals surface area contributed by atoms with Crippen LogP contribution in [0.5, 0.6) is 0 Å². The van der Waals surface area contributed by atoms with Crippen LogP contribution >= 0.6 is 0 Å². The fourth-order valence-electron chi connectivity index (χ4n) is 1.85. The maximum absolute atomic E-state index is 12.3. The van der Waals surface area contributed by atoms with E-state index < -0.39 is 10.0 Å². The molecule has 1 heterocycles. The first-order valence-corrected chi connectivity index (χ1v) is 7.98. The van der Waals surface area contributed by atoms with Crippen molar-refractivity contribution in [3.63, 3.8) is 0 Å². The molecule has 2 rings (SSSR count). The van der Waals surface area contributed by atoms with Crippen molar-refractivity contribution in [2.75, 3.05) is 0 Å². The molecular formula is C14H19N3O2S. The molecule has 1 N–H and O–H groups in total. The number of hydrogen-bond acceptors (Lipinski definition) is 3. The highest BCUT2D eigenvalue weighted by molar-refractivity contribution is 7.89. The third-order valence-corrected chi connectivity index (χ3v) is 4.50. The molecule has 0 unspecified atom stereocenters. The maximum Gasteiger partial charge on any atom is 0.244 e. The van der Waals surface area contributed by atoms with Gasteiger partial charge in [0, 0.05) is 18.8 Å². The monoisotopic (exact) mass is 293 g/mol. The number of benzene rings is 1. The minimum absolute atomic E-state index is 0.131. The Balaban J connectivity index is 2.18. The number of aromatic nitrogens is 2. The molecule has 1 aromatic heterocycles. The van der Waals surface area contributed by atoms with Gasteiger partial charge in [0.1, 0.15) is 4.90 Å². The number of aryl methyl sites for hydroxylation is 1. The molecule has 0 saturated heterocycles. The molecule has 2 aromatic rings. The topological polar surface area (TPSA) is 64.0 Å². The van der Waals surface area contributed by atoms with E-state index in [9.17, 15) is 8.42 Å². The van der Waals surface area contributed by atoms with Crippen LogP contribution in [-0.2, 0) is 16.6 Å². The zero-order valence-corrected chi connectivity index (χ0v) is 12.7. The first kappa shape index (κ1) is 14.7. The lowest BCUT2D eigenvalue weighted by atomic mass is 10.2. The molecule has 0 fully saturated rings. The average Bonchev–Trinajstić information content (AvgIpc) is 2.81. The third kappa shape index (κ3) is 3.26. The van der Waals surface area contributed by atoms with Crippen molar-refractivity contribution >= 4 is 10.0 Å². The van der Waals surface area contributed by atoms with E-state index in [4.69, 9.17) is 0 Å². The third-order valence-electron chi connectivity index (χ3n) is 3.00. The van der Waals surface area contributed by atoms with Gasteiger partial charge < -0.3 is 0 Å². The van der Waals surface area contributed by atoms with Gasteiger partial charge >= 0.3 is 0 Å². The summed E-state index contributed by atoms with van der Waals surface area (Å²) in [5.41, 5.74) is 1.43. The average molecular weight is 293 g/mol. The fourth-order valence-corrected chi connectivity index (χ4v) is 3.03. The van der Waals surface area contributed by atoms with Crippen LogP contribution in [-0.4, -0.2) is 18.2 Å². The lowest BCUT2D eigenvalue weighted by Crippen LogP contribution is -2.23. The molecule has 5 nitrogen and oxygen atoms in total. The van der Waals surface area contributed by atoms with Crippen molar-refractivity contribution in [1.29, 1.82) is 0 Å². The van der Waals surface area contributed by atoms with Crippen molar-refractivity contribution < 1.29 is 8.42 Å². The Morgan fingerprint density at radius 3 is 2.45 bits per heavy atom. The summed E-state index contributed by atoms with van der Waals surface area (Å²) < 4.78 is 28.9. The van der Waals surface area contributed by atoms with E-state index in [2.05, 4.69) is 9.82 Å². The first-order valence-electron chi connectivity index (χ1n) is 6.49. The van der Waals surface area contributed by atoms with Gasteiger partial charge in [0.2, 0.25) is 10.0 Å². The highest BCUT2D eigenvalue weighted by Crippen LogP contribution is 2.16. The smallest absolute Gasteiger partial charge is 0.244 e. The highest BCUT2D eigenvalue weighted by Gasteiger charge is 2.20. The van der Waals surface area contributed by atoms with Gasteiger partial charge in [-0.1, -0.05) is 30.3 Å². The van der Waals surface area contributed by atoms with Crippen LogP contribution < -0.4 is 4.72 Å². The Bertz CT molecular complexity index is 676. The predicted molar refractivity (Wildman–Crippen MR) is 77.8 cm³/mol. The number of nitrogens with zero attached hydrogens (tertiary/aromatic N) is 2. The molecule has 1 aromatic carbocycles. The number of rotatable bonds is 5. The normalized spacial score (nSPS) is 12.0. The van der Waals surface area contributed by atoms with Gasteiger partial charge in [-0.2, -0.15) is 5.10 Å². The largest absolute Gasteiger partial charge is 0.269 e. The minimum atomic E-state index is -3.54. The Labute approximate surface area is 119 Å². The Hall–Kier alpha value is -1.66.